The SMILES string of the molecule is CCN(CC(=O)NC(C)(C)C)C(=O)c1ccc(F)c(S(=O)(=O)N2CCOCC2)c1. The van der Waals surface area contributed by atoms with E-state index in [0.29, 0.717) is 0 Å². The molecule has 162 valence electrons. The molecule has 1 aliphatic heterocycles. The maximum atomic E-state index is 14.3. The number of nitrogens with one attached hydrogen (secondary N) is 1. The first-order chi connectivity index (χ1) is 13.5. The highest BCUT2D eigenvalue weighted by atomic mass is 32.2. The van der Waals surface area contributed by atoms with Crippen molar-refractivity contribution in [2.45, 2.75) is 38.1 Å². The molecule has 0 radical (unpaired) electrons. The maximum absolute atomic E-state index is 14.3. The number of hydrogen-bond acceptors (Lipinski definition) is 5. The van der Waals surface area contributed by atoms with E-state index in [9.17, 15) is 22.4 Å². The molecular weight excluding hydrogens is 401 g/mol. The quantitative estimate of drug-likeness (QED) is 0.734. The van der Waals surface area contributed by atoms with Crippen molar-refractivity contribution in [2.24, 2.45) is 0 Å². The van der Waals surface area contributed by atoms with Gasteiger partial charge < -0.3 is 15.0 Å². The standard InChI is InChI=1S/C19H28FN3O5S/c1-5-22(13-17(24)21-19(2,3)4)18(25)14-6-7-15(20)16(12-14)29(26,27)23-8-10-28-11-9-23/h6-7,12H,5,8-11,13H2,1-4H3,(H,21,24). The number of likely N-dealkylation sites (N-methyl/N-ethyl adjacent to an activating group) is 1. The van der Waals surface area contributed by atoms with E-state index in [-0.39, 0.29) is 50.9 Å². The van der Waals surface area contributed by atoms with Gasteiger partial charge in [0.25, 0.3) is 5.91 Å². The number of benzene rings is 1. The van der Waals surface area contributed by atoms with Crippen molar-refractivity contribution in [3.05, 3.63) is 29.6 Å². The molecule has 0 aliphatic carbocycles. The normalized spacial score (nSPS) is 15.8. The number of rotatable bonds is 6. The number of ether oxygens (including phenoxy) is 1. The zero-order chi connectivity index (χ0) is 21.8. The molecule has 1 aliphatic rings. The number of nitrogens with zero attached hydrogens (tertiary/aromatic N) is 2. The van der Waals surface area contributed by atoms with E-state index in [1.165, 1.54) is 11.0 Å². The predicted molar refractivity (Wildman–Crippen MR) is 105 cm³/mol. The second-order valence-electron chi connectivity index (χ2n) is 7.78. The Bertz CT molecular complexity index is 861. The Morgan fingerprint density at radius 1 is 1.24 bits per heavy atom. The summed E-state index contributed by atoms with van der Waals surface area (Å²) in [4.78, 5) is 25.7. The number of halogens is 1. The van der Waals surface area contributed by atoms with Gasteiger partial charge in [0.1, 0.15) is 10.7 Å². The lowest BCUT2D eigenvalue weighted by atomic mass is 10.1. The molecular formula is C19H28FN3O5S. The van der Waals surface area contributed by atoms with E-state index in [1.54, 1.807) is 6.92 Å². The lowest BCUT2D eigenvalue weighted by molar-refractivity contribution is -0.123. The first-order valence-electron chi connectivity index (χ1n) is 9.43. The molecule has 0 unspecified atom stereocenters. The molecule has 1 N–H and O–H groups in total. The van der Waals surface area contributed by atoms with Crippen molar-refractivity contribution in [1.29, 1.82) is 0 Å². The molecule has 0 spiro atoms. The van der Waals surface area contributed by atoms with Crippen LogP contribution in [0.5, 0.6) is 0 Å². The first kappa shape index (κ1) is 23.2. The van der Waals surface area contributed by atoms with Gasteiger partial charge in [-0.15, -0.1) is 0 Å². The second kappa shape index (κ2) is 9.19. The summed E-state index contributed by atoms with van der Waals surface area (Å²) >= 11 is 0. The fourth-order valence-corrected chi connectivity index (χ4v) is 4.40. The summed E-state index contributed by atoms with van der Waals surface area (Å²) in [6.07, 6.45) is 0. The van der Waals surface area contributed by atoms with Gasteiger partial charge in [0, 0.05) is 30.7 Å². The van der Waals surface area contributed by atoms with Gasteiger partial charge in [0.2, 0.25) is 15.9 Å². The van der Waals surface area contributed by atoms with Crippen molar-refractivity contribution in [3.63, 3.8) is 0 Å². The molecule has 8 nitrogen and oxygen atoms in total. The van der Waals surface area contributed by atoms with Gasteiger partial charge in [-0.25, -0.2) is 12.8 Å². The predicted octanol–water partition coefficient (Wildman–Crippen LogP) is 1.22. The largest absolute Gasteiger partial charge is 0.379 e. The third-order valence-corrected chi connectivity index (χ3v) is 6.20. The van der Waals surface area contributed by atoms with E-state index >= 15 is 0 Å². The van der Waals surface area contributed by atoms with Gasteiger partial charge in [-0.3, -0.25) is 9.59 Å². The molecule has 29 heavy (non-hydrogen) atoms. The summed E-state index contributed by atoms with van der Waals surface area (Å²) in [5.74, 6) is -1.81. The van der Waals surface area contributed by atoms with Crippen molar-refractivity contribution >= 4 is 21.8 Å². The summed E-state index contributed by atoms with van der Waals surface area (Å²) < 4.78 is 46.2. The van der Waals surface area contributed by atoms with Crippen molar-refractivity contribution in [2.75, 3.05) is 39.4 Å². The molecule has 0 saturated carbocycles. The van der Waals surface area contributed by atoms with Crippen LogP contribution in [-0.4, -0.2) is 74.4 Å². The smallest absolute Gasteiger partial charge is 0.254 e. The highest BCUT2D eigenvalue weighted by Crippen LogP contribution is 2.22. The van der Waals surface area contributed by atoms with Crippen molar-refractivity contribution < 1.29 is 27.1 Å². The van der Waals surface area contributed by atoms with Crippen LogP contribution in [0.4, 0.5) is 4.39 Å². The van der Waals surface area contributed by atoms with Gasteiger partial charge in [-0.2, -0.15) is 4.31 Å². The average molecular weight is 430 g/mol. The summed E-state index contributed by atoms with van der Waals surface area (Å²) in [5.41, 5.74) is -0.446. The summed E-state index contributed by atoms with van der Waals surface area (Å²) in [6, 6.07) is 3.22. The first-order valence-corrected chi connectivity index (χ1v) is 10.9. The van der Waals surface area contributed by atoms with Crippen LogP contribution < -0.4 is 5.32 Å². The van der Waals surface area contributed by atoms with E-state index in [2.05, 4.69) is 5.32 Å². The van der Waals surface area contributed by atoms with Crippen LogP contribution in [0.3, 0.4) is 0 Å². The average Bonchev–Trinajstić information content (AvgIpc) is 2.65. The van der Waals surface area contributed by atoms with Crippen LogP contribution in [0.15, 0.2) is 23.1 Å². The highest BCUT2D eigenvalue weighted by molar-refractivity contribution is 7.89. The number of morpholine rings is 1. The molecule has 1 aromatic rings. The van der Waals surface area contributed by atoms with E-state index in [1.807, 2.05) is 20.8 Å². The number of carbonyl (C=O) groups excluding carboxylic acids is 2. The third-order valence-electron chi connectivity index (χ3n) is 4.28. The van der Waals surface area contributed by atoms with Crippen LogP contribution in [0.25, 0.3) is 0 Å². The lowest BCUT2D eigenvalue weighted by Gasteiger charge is -2.27. The molecule has 2 rings (SSSR count). The van der Waals surface area contributed by atoms with E-state index in [0.717, 1.165) is 16.4 Å². The molecule has 1 saturated heterocycles. The van der Waals surface area contributed by atoms with Crippen molar-refractivity contribution in [1.82, 2.24) is 14.5 Å². The topological polar surface area (TPSA) is 96.0 Å². The molecule has 1 heterocycles. The minimum atomic E-state index is -4.10. The van der Waals surface area contributed by atoms with Crippen LogP contribution in [0, 0.1) is 5.82 Å². The van der Waals surface area contributed by atoms with E-state index in [4.69, 9.17) is 4.74 Å². The Labute approximate surface area is 171 Å². The Hall–Kier alpha value is -2.04. The van der Waals surface area contributed by atoms with Gasteiger partial charge in [0.15, 0.2) is 0 Å². The third kappa shape index (κ3) is 5.97. The van der Waals surface area contributed by atoms with Gasteiger partial charge in [0.05, 0.1) is 19.8 Å². The minimum Gasteiger partial charge on any atom is -0.379 e. The fourth-order valence-electron chi connectivity index (χ4n) is 2.90. The monoisotopic (exact) mass is 429 g/mol. The molecule has 2 amide bonds. The number of hydrogen-bond donors (Lipinski definition) is 1. The molecule has 1 fully saturated rings. The molecule has 1 aromatic carbocycles. The zero-order valence-electron chi connectivity index (χ0n) is 17.2. The molecule has 0 aromatic heterocycles. The molecule has 0 atom stereocenters. The maximum Gasteiger partial charge on any atom is 0.254 e. The number of amides is 2. The zero-order valence-corrected chi connectivity index (χ0v) is 18.0. The summed E-state index contributed by atoms with van der Waals surface area (Å²) in [7, 11) is -4.10. The summed E-state index contributed by atoms with van der Waals surface area (Å²) in [5, 5.41) is 2.77. The van der Waals surface area contributed by atoms with Crippen LogP contribution in [0.2, 0.25) is 0 Å². The van der Waals surface area contributed by atoms with Gasteiger partial charge >= 0.3 is 0 Å². The van der Waals surface area contributed by atoms with Gasteiger partial charge in [-0.05, 0) is 45.9 Å². The molecule has 10 heteroatoms. The highest BCUT2D eigenvalue weighted by Gasteiger charge is 2.30. The Morgan fingerprint density at radius 3 is 2.41 bits per heavy atom. The Morgan fingerprint density at radius 2 is 1.86 bits per heavy atom. The number of sulfonamides is 1. The van der Waals surface area contributed by atoms with Crippen molar-refractivity contribution in [3.8, 4) is 0 Å². The van der Waals surface area contributed by atoms with Crippen LogP contribution >= 0.6 is 0 Å². The van der Waals surface area contributed by atoms with Gasteiger partial charge in [-0.1, -0.05) is 0 Å². The second-order valence-corrected chi connectivity index (χ2v) is 9.69. The van der Waals surface area contributed by atoms with Crippen LogP contribution in [0.1, 0.15) is 38.1 Å². The lowest BCUT2D eigenvalue weighted by Crippen LogP contribution is -2.47. The fraction of sp³-hybridized carbons (Fsp3) is 0.579. The molecule has 0 bridgehead atoms. The van der Waals surface area contributed by atoms with E-state index < -0.39 is 32.2 Å². The van der Waals surface area contributed by atoms with Crippen LogP contribution in [-0.2, 0) is 19.6 Å². The Kier molecular flexibility index (Phi) is 7.36. The number of carbonyl (C=O) groups is 2. The summed E-state index contributed by atoms with van der Waals surface area (Å²) in [6.45, 7) is 7.93. The minimum absolute atomic E-state index is 0.00337. The Balaban J connectivity index is 2.26.